The van der Waals surface area contributed by atoms with Gasteiger partial charge >= 0.3 is 35.3 Å². The summed E-state index contributed by atoms with van der Waals surface area (Å²) in [4.78, 5) is 11.7. The lowest BCUT2D eigenvalue weighted by Gasteiger charge is -2.51. The minimum atomic E-state index is -7.38. The highest BCUT2D eigenvalue weighted by molar-refractivity contribution is 5.99. The van der Waals surface area contributed by atoms with Crippen LogP contribution in [0.15, 0.2) is 24.3 Å². The van der Waals surface area contributed by atoms with E-state index in [1.54, 1.807) is 0 Å². The van der Waals surface area contributed by atoms with E-state index in [-0.39, 0.29) is 5.75 Å². The number of rotatable bonds is 3. The molecular formula is C14H8F11NO2. The molecule has 1 aromatic carbocycles. The Bertz CT molecular complexity index is 763. The average Bonchev–Trinajstić information content (AvgIpc) is 2.59. The lowest BCUT2D eigenvalue weighted by Crippen LogP contribution is -2.86. The highest BCUT2D eigenvalue weighted by Gasteiger charge is 3.02. The Balaban J connectivity index is 2.66. The number of ether oxygens (including phenoxy) is 1. The van der Waals surface area contributed by atoms with Gasteiger partial charge in [-0.05, 0) is 12.1 Å². The van der Waals surface area contributed by atoms with Crippen molar-refractivity contribution in [3.8, 4) is 5.75 Å². The summed E-state index contributed by atoms with van der Waals surface area (Å²) in [5, 5.41) is 0.976. The highest BCUT2D eigenvalue weighted by Crippen LogP contribution is 2.69. The number of anilines is 1. The van der Waals surface area contributed by atoms with Gasteiger partial charge in [0.05, 0.1) is 7.11 Å². The zero-order valence-corrected chi connectivity index (χ0v) is 13.3. The molecule has 0 atom stereocenters. The molecule has 0 heterocycles. The molecule has 1 fully saturated rings. The van der Waals surface area contributed by atoms with Crippen LogP contribution < -0.4 is 10.1 Å². The first kappa shape index (κ1) is 22.0. The zero-order chi connectivity index (χ0) is 22.0. The predicted molar refractivity (Wildman–Crippen MR) is 70.2 cm³/mol. The van der Waals surface area contributed by atoms with Crippen molar-refractivity contribution in [1.82, 2.24) is 0 Å². The molecule has 2 rings (SSSR count). The van der Waals surface area contributed by atoms with Crippen LogP contribution in [-0.4, -0.2) is 48.3 Å². The van der Waals surface area contributed by atoms with Crippen molar-refractivity contribution >= 4 is 11.6 Å². The maximum Gasteiger partial charge on any atom is 0.384 e. The largest absolute Gasteiger partial charge is 0.497 e. The van der Waals surface area contributed by atoms with Crippen molar-refractivity contribution in [3.63, 3.8) is 0 Å². The van der Waals surface area contributed by atoms with Gasteiger partial charge in [-0.25, -0.2) is 4.39 Å². The minimum Gasteiger partial charge on any atom is -0.497 e. The Hall–Kier alpha value is -2.28. The van der Waals surface area contributed by atoms with E-state index in [2.05, 4.69) is 4.74 Å². The first-order valence-electron chi connectivity index (χ1n) is 6.97. The summed E-state index contributed by atoms with van der Waals surface area (Å²) in [6.45, 7) is 0. The fraction of sp³-hybridized carbons (Fsp3) is 0.500. The first-order chi connectivity index (χ1) is 12.4. The molecule has 1 saturated carbocycles. The summed E-state index contributed by atoms with van der Waals surface area (Å²) in [6.07, 6.45) is 0. The molecule has 0 radical (unpaired) electrons. The third-order valence-corrected chi connectivity index (χ3v) is 4.08. The topological polar surface area (TPSA) is 38.3 Å². The molecule has 0 spiro atoms. The van der Waals surface area contributed by atoms with Crippen LogP contribution in [-0.2, 0) is 4.79 Å². The van der Waals surface area contributed by atoms with Crippen LogP contribution in [0.2, 0.25) is 0 Å². The molecule has 158 valence electrons. The van der Waals surface area contributed by atoms with Crippen LogP contribution in [0.1, 0.15) is 0 Å². The Kier molecular flexibility index (Phi) is 4.61. The maximum absolute atomic E-state index is 14.5. The normalized spacial score (nSPS) is 25.6. The Morgan fingerprint density at radius 1 is 0.786 bits per heavy atom. The standard InChI is InChI=1S/C14H8F11NO2/c1-28-7-4-2-3-6(5-7)26-8(27)9(15)10(16,17)12(20,21)14(24,25)13(22,23)11(9,18)19/h2-5H,1H3,(H,26,27). The molecule has 0 aliphatic heterocycles. The number of methoxy groups -OCH3 is 1. The number of hydrogen-bond donors (Lipinski definition) is 1. The van der Waals surface area contributed by atoms with E-state index < -0.39 is 46.9 Å². The molecule has 1 amide bonds. The lowest BCUT2D eigenvalue weighted by atomic mass is 9.71. The zero-order valence-electron chi connectivity index (χ0n) is 13.3. The SMILES string of the molecule is COc1cccc(NC(=O)C2(F)C(F)(F)C(F)(F)C(F)(F)C(F)(F)C2(F)F)c1. The molecule has 0 unspecified atom stereocenters. The van der Waals surface area contributed by atoms with Gasteiger partial charge in [-0.1, -0.05) is 6.07 Å². The smallest absolute Gasteiger partial charge is 0.384 e. The number of amides is 1. The van der Waals surface area contributed by atoms with Crippen molar-refractivity contribution in [3.05, 3.63) is 24.3 Å². The van der Waals surface area contributed by atoms with E-state index in [4.69, 9.17) is 0 Å². The Labute approximate surface area is 148 Å². The maximum atomic E-state index is 14.5. The monoisotopic (exact) mass is 431 g/mol. The summed E-state index contributed by atoms with van der Waals surface area (Å²) in [5.41, 5.74) is -7.55. The minimum absolute atomic E-state index is 0.171. The number of carbonyl (C=O) groups is 1. The van der Waals surface area contributed by atoms with Gasteiger partial charge < -0.3 is 10.1 Å². The van der Waals surface area contributed by atoms with Crippen LogP contribution in [0.25, 0.3) is 0 Å². The van der Waals surface area contributed by atoms with E-state index in [0.29, 0.717) is 6.07 Å². The van der Waals surface area contributed by atoms with Crippen LogP contribution in [0, 0.1) is 0 Å². The number of halogens is 11. The summed E-state index contributed by atoms with van der Waals surface area (Å²) in [7, 11) is 1.05. The number of benzene rings is 1. The van der Waals surface area contributed by atoms with E-state index in [9.17, 15) is 53.1 Å². The van der Waals surface area contributed by atoms with E-state index in [1.807, 2.05) is 0 Å². The second-order valence-electron chi connectivity index (χ2n) is 5.72. The molecule has 14 heteroatoms. The van der Waals surface area contributed by atoms with Gasteiger partial charge in [-0.2, -0.15) is 43.9 Å². The molecular weight excluding hydrogens is 423 g/mol. The fourth-order valence-corrected chi connectivity index (χ4v) is 2.42. The summed E-state index contributed by atoms with van der Waals surface area (Å²) in [5.74, 6) is -40.1. The summed E-state index contributed by atoms with van der Waals surface area (Å²) in [6, 6.07) is 3.60. The van der Waals surface area contributed by atoms with Crippen LogP contribution >= 0.6 is 0 Å². The van der Waals surface area contributed by atoms with Gasteiger partial charge in [-0.3, -0.25) is 4.79 Å². The van der Waals surface area contributed by atoms with Crippen molar-refractivity contribution in [1.29, 1.82) is 0 Å². The molecule has 0 aromatic heterocycles. The van der Waals surface area contributed by atoms with Gasteiger partial charge in [0.15, 0.2) is 0 Å². The molecule has 1 aromatic rings. The molecule has 28 heavy (non-hydrogen) atoms. The van der Waals surface area contributed by atoms with Crippen LogP contribution in [0.3, 0.4) is 0 Å². The van der Waals surface area contributed by atoms with Crippen LogP contribution in [0.4, 0.5) is 54.0 Å². The number of alkyl halides is 11. The van der Waals surface area contributed by atoms with Gasteiger partial charge in [0.25, 0.3) is 5.91 Å². The van der Waals surface area contributed by atoms with Gasteiger partial charge in [-0.15, -0.1) is 0 Å². The summed E-state index contributed by atoms with van der Waals surface area (Å²) >= 11 is 0. The number of hydrogen-bond acceptors (Lipinski definition) is 2. The molecule has 0 saturated heterocycles. The van der Waals surface area contributed by atoms with Gasteiger partial charge in [0.2, 0.25) is 0 Å². The summed E-state index contributed by atoms with van der Waals surface area (Å²) < 4.78 is 154. The molecule has 3 nitrogen and oxygen atoms in total. The third-order valence-electron chi connectivity index (χ3n) is 4.08. The Morgan fingerprint density at radius 2 is 1.21 bits per heavy atom. The average molecular weight is 431 g/mol. The molecule has 0 bridgehead atoms. The molecule has 1 aliphatic carbocycles. The second kappa shape index (κ2) is 5.86. The first-order valence-corrected chi connectivity index (χ1v) is 6.97. The number of nitrogens with one attached hydrogen (secondary N) is 1. The number of carbonyl (C=O) groups excluding carboxylic acids is 1. The van der Waals surface area contributed by atoms with Crippen molar-refractivity contribution in [2.24, 2.45) is 0 Å². The Morgan fingerprint density at radius 3 is 1.64 bits per heavy atom. The van der Waals surface area contributed by atoms with Crippen molar-refractivity contribution < 1.29 is 57.8 Å². The van der Waals surface area contributed by atoms with E-state index in [0.717, 1.165) is 30.6 Å². The van der Waals surface area contributed by atoms with Gasteiger partial charge in [0, 0.05) is 11.8 Å². The predicted octanol–water partition coefficient (Wildman–Crippen LogP) is 4.53. The van der Waals surface area contributed by atoms with Crippen LogP contribution in [0.5, 0.6) is 5.75 Å². The van der Waals surface area contributed by atoms with Gasteiger partial charge in [0.1, 0.15) is 5.75 Å². The lowest BCUT2D eigenvalue weighted by molar-refractivity contribution is -0.475. The molecule has 1 aliphatic rings. The van der Waals surface area contributed by atoms with Crippen molar-refractivity contribution in [2.45, 2.75) is 35.3 Å². The quantitative estimate of drug-likeness (QED) is 0.715. The van der Waals surface area contributed by atoms with E-state index >= 15 is 0 Å². The van der Waals surface area contributed by atoms with Crippen molar-refractivity contribution in [2.75, 3.05) is 12.4 Å². The fourth-order valence-electron chi connectivity index (χ4n) is 2.42. The second-order valence-corrected chi connectivity index (χ2v) is 5.72. The van der Waals surface area contributed by atoms with E-state index in [1.165, 1.54) is 0 Å². The highest BCUT2D eigenvalue weighted by atomic mass is 19.4. The third kappa shape index (κ3) is 2.25. The molecule has 1 N–H and O–H groups in total.